The number of carbonyl (C=O) groups excluding carboxylic acids is 1. The van der Waals surface area contributed by atoms with Gasteiger partial charge in [-0.2, -0.15) is 0 Å². The number of anilines is 1. The Bertz CT molecular complexity index is 718. The van der Waals surface area contributed by atoms with E-state index in [9.17, 15) is 9.59 Å². The van der Waals surface area contributed by atoms with Crippen molar-refractivity contribution in [1.29, 1.82) is 0 Å². The Kier molecular flexibility index (Phi) is 3.77. The minimum atomic E-state index is -0.298. The van der Waals surface area contributed by atoms with E-state index in [1.54, 1.807) is 7.05 Å². The predicted molar refractivity (Wildman–Crippen MR) is 84.0 cm³/mol. The van der Waals surface area contributed by atoms with Crippen LogP contribution in [0.25, 0.3) is 5.69 Å². The molecule has 0 unspecified atom stereocenters. The van der Waals surface area contributed by atoms with Crippen LogP contribution in [0, 0.1) is 0 Å². The first-order valence-electron chi connectivity index (χ1n) is 6.89. The van der Waals surface area contributed by atoms with Gasteiger partial charge in [-0.05, 0) is 12.1 Å². The fraction of sp³-hybridized carbons (Fsp3) is 0.375. The normalized spacial score (nSPS) is 11.5. The number of hydrogen-bond donors (Lipinski definition) is 1. The first-order valence-corrected chi connectivity index (χ1v) is 6.89. The maximum absolute atomic E-state index is 12.5. The highest BCUT2D eigenvalue weighted by Crippen LogP contribution is 2.30. The summed E-state index contributed by atoms with van der Waals surface area (Å²) in [7, 11) is 1.70. The number of nitrogens with zero attached hydrogens (tertiary/aromatic N) is 2. The van der Waals surface area contributed by atoms with Crippen LogP contribution in [0.5, 0.6) is 0 Å². The number of nitrogens with one attached hydrogen (secondary N) is 1. The Morgan fingerprint density at radius 3 is 2.19 bits per heavy atom. The summed E-state index contributed by atoms with van der Waals surface area (Å²) in [5.74, 6) is -0.247. The molecule has 1 aromatic carbocycles. The highest BCUT2D eigenvalue weighted by atomic mass is 16.2. The fourth-order valence-electron chi connectivity index (χ4n) is 2.46. The summed E-state index contributed by atoms with van der Waals surface area (Å²) in [6.07, 6.45) is 0. The van der Waals surface area contributed by atoms with Gasteiger partial charge >= 0.3 is 0 Å². The molecular formula is C16H21N3O2. The van der Waals surface area contributed by atoms with Crippen LogP contribution < -0.4 is 10.9 Å². The molecule has 0 radical (unpaired) electrons. The average molecular weight is 287 g/mol. The van der Waals surface area contributed by atoms with Crippen LogP contribution in [0.2, 0.25) is 0 Å². The van der Waals surface area contributed by atoms with Gasteiger partial charge in [-0.3, -0.25) is 14.3 Å². The van der Waals surface area contributed by atoms with Gasteiger partial charge in [-0.25, -0.2) is 4.68 Å². The third-order valence-corrected chi connectivity index (χ3v) is 3.27. The third kappa shape index (κ3) is 2.77. The molecule has 1 amide bonds. The minimum Gasteiger partial charge on any atom is -0.320 e. The van der Waals surface area contributed by atoms with Gasteiger partial charge in [0.25, 0.3) is 5.56 Å². The van der Waals surface area contributed by atoms with Gasteiger partial charge in [0.1, 0.15) is 5.69 Å². The molecule has 5 heteroatoms. The SMILES string of the molecule is CC(=O)Nc1c(C(C)(C)C)n(-c2ccccc2)n(C)c1=O. The lowest BCUT2D eigenvalue weighted by molar-refractivity contribution is -0.114. The maximum atomic E-state index is 12.5. The molecule has 2 aromatic rings. The summed E-state index contributed by atoms with van der Waals surface area (Å²) < 4.78 is 3.38. The smallest absolute Gasteiger partial charge is 0.290 e. The molecule has 0 aliphatic rings. The highest BCUT2D eigenvalue weighted by Gasteiger charge is 2.29. The molecule has 0 aliphatic heterocycles. The average Bonchev–Trinajstić information content (AvgIpc) is 2.64. The Labute approximate surface area is 124 Å². The van der Waals surface area contributed by atoms with E-state index in [-0.39, 0.29) is 16.9 Å². The summed E-state index contributed by atoms with van der Waals surface area (Å²) in [6.45, 7) is 7.47. The van der Waals surface area contributed by atoms with E-state index in [0.29, 0.717) is 5.69 Å². The van der Waals surface area contributed by atoms with E-state index in [4.69, 9.17) is 0 Å². The Balaban J connectivity index is 2.82. The summed E-state index contributed by atoms with van der Waals surface area (Å²) in [6, 6.07) is 9.64. The van der Waals surface area contributed by atoms with Gasteiger partial charge in [0.2, 0.25) is 5.91 Å². The number of rotatable bonds is 2. The van der Waals surface area contributed by atoms with Crippen molar-refractivity contribution in [3.8, 4) is 5.69 Å². The van der Waals surface area contributed by atoms with Gasteiger partial charge < -0.3 is 5.32 Å². The van der Waals surface area contributed by atoms with Crippen molar-refractivity contribution in [3.63, 3.8) is 0 Å². The van der Waals surface area contributed by atoms with Crippen molar-refractivity contribution in [2.75, 3.05) is 5.32 Å². The Morgan fingerprint density at radius 2 is 1.71 bits per heavy atom. The molecule has 1 N–H and O–H groups in total. The van der Waals surface area contributed by atoms with Crippen LogP contribution >= 0.6 is 0 Å². The van der Waals surface area contributed by atoms with E-state index < -0.39 is 0 Å². The molecular weight excluding hydrogens is 266 g/mol. The molecule has 0 aliphatic carbocycles. The van der Waals surface area contributed by atoms with E-state index in [1.165, 1.54) is 11.6 Å². The summed E-state index contributed by atoms with van der Waals surface area (Å²) in [5.41, 5.74) is 1.52. The lowest BCUT2D eigenvalue weighted by atomic mass is 9.90. The molecule has 5 nitrogen and oxygen atoms in total. The number of benzene rings is 1. The zero-order chi connectivity index (χ0) is 15.8. The molecule has 112 valence electrons. The van der Waals surface area contributed by atoms with Gasteiger partial charge in [0, 0.05) is 19.4 Å². The maximum Gasteiger partial charge on any atom is 0.290 e. The second-order valence-corrected chi connectivity index (χ2v) is 6.13. The lowest BCUT2D eigenvalue weighted by Crippen LogP contribution is -2.22. The molecule has 1 heterocycles. The van der Waals surface area contributed by atoms with Gasteiger partial charge in [-0.1, -0.05) is 39.0 Å². The van der Waals surface area contributed by atoms with Crippen molar-refractivity contribution in [2.45, 2.75) is 33.1 Å². The molecule has 0 saturated heterocycles. The van der Waals surface area contributed by atoms with Crippen molar-refractivity contribution in [1.82, 2.24) is 9.36 Å². The molecule has 21 heavy (non-hydrogen) atoms. The molecule has 0 atom stereocenters. The molecule has 0 spiro atoms. The van der Waals surface area contributed by atoms with E-state index >= 15 is 0 Å². The fourth-order valence-corrected chi connectivity index (χ4v) is 2.46. The number of amides is 1. The van der Waals surface area contributed by atoms with E-state index in [0.717, 1.165) is 11.4 Å². The van der Waals surface area contributed by atoms with Crippen molar-refractivity contribution >= 4 is 11.6 Å². The molecule has 0 saturated carbocycles. The monoisotopic (exact) mass is 287 g/mol. The number of hydrogen-bond acceptors (Lipinski definition) is 2. The van der Waals surface area contributed by atoms with Gasteiger partial charge in [0.15, 0.2) is 0 Å². The molecule has 0 bridgehead atoms. The van der Waals surface area contributed by atoms with Crippen LogP contribution in [0.15, 0.2) is 35.1 Å². The first-order chi connectivity index (χ1) is 9.73. The van der Waals surface area contributed by atoms with Gasteiger partial charge in [-0.15, -0.1) is 0 Å². The standard InChI is InChI=1S/C16H21N3O2/c1-11(20)17-13-14(16(2,3)4)19(18(5)15(13)21)12-9-7-6-8-10-12/h6-10H,1-5H3,(H,17,20). The van der Waals surface area contributed by atoms with E-state index in [1.807, 2.05) is 55.8 Å². The Hall–Kier alpha value is -2.30. The number of aromatic nitrogens is 2. The van der Waals surface area contributed by atoms with Crippen LogP contribution in [-0.4, -0.2) is 15.3 Å². The lowest BCUT2D eigenvalue weighted by Gasteiger charge is -2.23. The first kappa shape index (κ1) is 15.1. The third-order valence-electron chi connectivity index (χ3n) is 3.27. The quantitative estimate of drug-likeness (QED) is 0.922. The number of para-hydroxylation sites is 1. The minimum absolute atomic E-state index is 0.209. The summed E-state index contributed by atoms with van der Waals surface area (Å²) >= 11 is 0. The van der Waals surface area contributed by atoms with E-state index in [2.05, 4.69) is 5.32 Å². The summed E-state index contributed by atoms with van der Waals surface area (Å²) in [5, 5.41) is 2.69. The highest BCUT2D eigenvalue weighted by molar-refractivity contribution is 5.89. The predicted octanol–water partition coefficient (Wildman–Crippen LogP) is 2.43. The number of carbonyl (C=O) groups is 1. The van der Waals surface area contributed by atoms with Gasteiger partial charge in [0.05, 0.1) is 11.4 Å². The zero-order valence-electron chi connectivity index (χ0n) is 13.1. The zero-order valence-corrected chi connectivity index (χ0v) is 13.1. The second-order valence-electron chi connectivity index (χ2n) is 6.13. The van der Waals surface area contributed by atoms with Crippen LogP contribution in [0.4, 0.5) is 5.69 Å². The van der Waals surface area contributed by atoms with Crippen LogP contribution in [0.1, 0.15) is 33.4 Å². The largest absolute Gasteiger partial charge is 0.320 e. The molecule has 0 fully saturated rings. The van der Waals surface area contributed by atoms with Crippen LogP contribution in [-0.2, 0) is 17.3 Å². The topological polar surface area (TPSA) is 56.0 Å². The van der Waals surface area contributed by atoms with Crippen LogP contribution in [0.3, 0.4) is 0 Å². The van der Waals surface area contributed by atoms with Crippen molar-refractivity contribution in [2.24, 2.45) is 7.05 Å². The van der Waals surface area contributed by atoms with Crippen molar-refractivity contribution < 1.29 is 4.79 Å². The molecule has 1 aromatic heterocycles. The summed E-state index contributed by atoms with van der Waals surface area (Å²) in [4.78, 5) is 23.9. The Morgan fingerprint density at radius 1 is 1.14 bits per heavy atom. The van der Waals surface area contributed by atoms with Crippen molar-refractivity contribution in [3.05, 3.63) is 46.4 Å². The second kappa shape index (κ2) is 5.24. The molecule has 2 rings (SSSR count).